The third kappa shape index (κ3) is 3.06. The highest BCUT2D eigenvalue weighted by atomic mass is 16.5. The van der Waals surface area contributed by atoms with Crippen LogP contribution in [0.4, 0.5) is 0 Å². The number of hydrogen-bond acceptors (Lipinski definition) is 4. The summed E-state index contributed by atoms with van der Waals surface area (Å²) in [6, 6.07) is 5.52. The van der Waals surface area contributed by atoms with Gasteiger partial charge in [-0.25, -0.2) is 0 Å². The number of aryl methyl sites for hydroxylation is 1. The first-order valence-electron chi connectivity index (χ1n) is 7.33. The molecule has 0 bridgehead atoms. The van der Waals surface area contributed by atoms with Crippen LogP contribution in [0.2, 0.25) is 0 Å². The largest absolute Gasteiger partial charge is 0.480 e. The molecule has 1 aromatic heterocycles. The van der Waals surface area contributed by atoms with Gasteiger partial charge in [0.1, 0.15) is 0 Å². The lowest BCUT2D eigenvalue weighted by molar-refractivity contribution is -0.172. The lowest BCUT2D eigenvalue weighted by atomic mass is 9.70. The van der Waals surface area contributed by atoms with E-state index < -0.39 is 17.4 Å². The topological polar surface area (TPSA) is 76.5 Å². The van der Waals surface area contributed by atoms with Crippen LogP contribution in [0.15, 0.2) is 24.4 Å². The molecule has 0 aliphatic heterocycles. The van der Waals surface area contributed by atoms with E-state index in [1.54, 1.807) is 6.20 Å². The average Bonchev–Trinajstić information content (AvgIpc) is 3.03. The van der Waals surface area contributed by atoms with Gasteiger partial charge < -0.3 is 9.84 Å². The molecule has 1 aliphatic rings. The van der Waals surface area contributed by atoms with Gasteiger partial charge in [-0.3, -0.25) is 14.6 Å². The Bertz CT molecular complexity index is 496. The molecule has 1 aromatic rings. The number of aliphatic carboxylic acids is 1. The van der Waals surface area contributed by atoms with Gasteiger partial charge in [0.25, 0.3) is 0 Å². The van der Waals surface area contributed by atoms with Crippen molar-refractivity contribution in [2.75, 3.05) is 7.11 Å². The summed E-state index contributed by atoms with van der Waals surface area (Å²) in [6.45, 7) is 0. The standard InChI is InChI=1S/C16H21NO4/c1-21-15(20)16(14(18)19,12-6-2-3-7-12)10-9-13-8-4-5-11-17-13/h4-5,8,11-12H,2-3,6-7,9-10H2,1H3,(H,18,19). The Balaban J connectivity index is 2.25. The molecule has 2 rings (SSSR count). The van der Waals surface area contributed by atoms with E-state index in [0.717, 1.165) is 31.4 Å². The van der Waals surface area contributed by atoms with Crippen LogP contribution < -0.4 is 0 Å². The van der Waals surface area contributed by atoms with Crippen LogP contribution in [-0.4, -0.2) is 29.1 Å². The second-order valence-corrected chi connectivity index (χ2v) is 5.57. The molecular formula is C16H21NO4. The van der Waals surface area contributed by atoms with Crippen LogP contribution in [0.1, 0.15) is 37.8 Å². The second kappa shape index (κ2) is 6.70. The quantitative estimate of drug-likeness (QED) is 0.643. The number of carbonyl (C=O) groups is 2. The molecule has 5 nitrogen and oxygen atoms in total. The molecule has 0 radical (unpaired) electrons. The molecule has 21 heavy (non-hydrogen) atoms. The number of hydrogen-bond donors (Lipinski definition) is 1. The zero-order valence-corrected chi connectivity index (χ0v) is 12.2. The minimum absolute atomic E-state index is 0.147. The van der Waals surface area contributed by atoms with Gasteiger partial charge in [-0.05, 0) is 43.7 Å². The molecule has 0 aromatic carbocycles. The van der Waals surface area contributed by atoms with Crippen molar-refractivity contribution in [3.8, 4) is 0 Å². The van der Waals surface area contributed by atoms with E-state index in [1.807, 2.05) is 18.2 Å². The highest BCUT2D eigenvalue weighted by Gasteiger charge is 2.53. The van der Waals surface area contributed by atoms with E-state index in [1.165, 1.54) is 7.11 Å². The smallest absolute Gasteiger partial charge is 0.323 e. The number of pyridine rings is 1. The van der Waals surface area contributed by atoms with Crippen molar-refractivity contribution >= 4 is 11.9 Å². The summed E-state index contributed by atoms with van der Waals surface area (Å²) in [6.07, 6.45) is 5.84. The van der Waals surface area contributed by atoms with E-state index in [-0.39, 0.29) is 12.3 Å². The first kappa shape index (κ1) is 15.5. The summed E-state index contributed by atoms with van der Waals surface area (Å²) in [5.41, 5.74) is -0.645. The van der Waals surface area contributed by atoms with E-state index in [2.05, 4.69) is 4.98 Å². The maximum atomic E-state index is 12.3. The number of carboxylic acids is 1. The summed E-state index contributed by atoms with van der Waals surface area (Å²) >= 11 is 0. The second-order valence-electron chi connectivity index (χ2n) is 5.57. The SMILES string of the molecule is COC(=O)C(CCc1ccccn1)(C(=O)O)C1CCCC1. The monoisotopic (exact) mass is 291 g/mol. The Morgan fingerprint density at radius 3 is 2.62 bits per heavy atom. The predicted molar refractivity (Wildman–Crippen MR) is 76.6 cm³/mol. The first-order valence-corrected chi connectivity index (χ1v) is 7.33. The number of carboxylic acid groups (broad SMARTS) is 1. The molecule has 1 N–H and O–H groups in total. The molecular weight excluding hydrogens is 270 g/mol. The fourth-order valence-electron chi connectivity index (χ4n) is 3.31. The molecule has 1 atom stereocenters. The van der Waals surface area contributed by atoms with Gasteiger partial charge in [-0.2, -0.15) is 0 Å². The molecule has 0 saturated heterocycles. The zero-order valence-electron chi connectivity index (χ0n) is 12.2. The van der Waals surface area contributed by atoms with Crippen LogP contribution in [-0.2, 0) is 20.7 Å². The fourth-order valence-corrected chi connectivity index (χ4v) is 3.31. The maximum absolute atomic E-state index is 12.3. The third-order valence-corrected chi connectivity index (χ3v) is 4.49. The van der Waals surface area contributed by atoms with Crippen LogP contribution in [0.3, 0.4) is 0 Å². The van der Waals surface area contributed by atoms with Gasteiger partial charge in [-0.1, -0.05) is 18.9 Å². The van der Waals surface area contributed by atoms with Crippen LogP contribution in [0.5, 0.6) is 0 Å². The number of aromatic nitrogens is 1. The number of ether oxygens (including phenoxy) is 1. The summed E-state index contributed by atoms with van der Waals surface area (Å²) in [5.74, 6) is -1.85. The fraction of sp³-hybridized carbons (Fsp3) is 0.562. The van der Waals surface area contributed by atoms with Crippen molar-refractivity contribution in [3.05, 3.63) is 30.1 Å². The summed E-state index contributed by atoms with van der Waals surface area (Å²) < 4.78 is 4.84. The highest BCUT2D eigenvalue weighted by Crippen LogP contribution is 2.44. The molecule has 1 saturated carbocycles. The van der Waals surface area contributed by atoms with E-state index in [0.29, 0.717) is 6.42 Å². The summed E-state index contributed by atoms with van der Waals surface area (Å²) in [4.78, 5) is 28.4. The van der Waals surface area contributed by atoms with Gasteiger partial charge in [0.2, 0.25) is 0 Å². The number of nitrogens with zero attached hydrogens (tertiary/aromatic N) is 1. The minimum atomic E-state index is -1.44. The molecule has 1 unspecified atom stereocenters. The average molecular weight is 291 g/mol. The Morgan fingerprint density at radius 1 is 1.38 bits per heavy atom. The van der Waals surface area contributed by atoms with Gasteiger partial charge in [0.05, 0.1) is 7.11 Å². The van der Waals surface area contributed by atoms with E-state index in [9.17, 15) is 14.7 Å². The highest BCUT2D eigenvalue weighted by molar-refractivity contribution is 5.99. The minimum Gasteiger partial charge on any atom is -0.480 e. The first-order chi connectivity index (χ1) is 10.1. The number of esters is 1. The van der Waals surface area contributed by atoms with Crippen molar-refractivity contribution in [2.45, 2.75) is 38.5 Å². The van der Waals surface area contributed by atoms with Crippen LogP contribution in [0, 0.1) is 11.3 Å². The number of rotatable bonds is 6. The number of carbonyl (C=O) groups excluding carboxylic acids is 1. The molecule has 1 fully saturated rings. The van der Waals surface area contributed by atoms with E-state index >= 15 is 0 Å². The van der Waals surface area contributed by atoms with Crippen molar-refractivity contribution in [1.29, 1.82) is 0 Å². The van der Waals surface area contributed by atoms with Crippen molar-refractivity contribution in [1.82, 2.24) is 4.98 Å². The Labute approximate surface area is 124 Å². The van der Waals surface area contributed by atoms with Gasteiger partial charge in [-0.15, -0.1) is 0 Å². The summed E-state index contributed by atoms with van der Waals surface area (Å²) in [5, 5.41) is 9.74. The lowest BCUT2D eigenvalue weighted by Crippen LogP contribution is -2.46. The number of methoxy groups -OCH3 is 1. The summed E-state index contributed by atoms with van der Waals surface area (Å²) in [7, 11) is 1.26. The van der Waals surface area contributed by atoms with Gasteiger partial charge >= 0.3 is 11.9 Å². The molecule has 0 amide bonds. The molecule has 0 spiro atoms. The molecule has 114 valence electrons. The normalized spacial score (nSPS) is 18.1. The van der Waals surface area contributed by atoms with Gasteiger partial charge in [0, 0.05) is 11.9 Å². The van der Waals surface area contributed by atoms with Crippen LogP contribution >= 0.6 is 0 Å². The molecule has 1 heterocycles. The van der Waals surface area contributed by atoms with Gasteiger partial charge in [0.15, 0.2) is 5.41 Å². The molecule has 5 heteroatoms. The Hall–Kier alpha value is -1.91. The predicted octanol–water partition coefficient (Wildman–Crippen LogP) is 2.45. The van der Waals surface area contributed by atoms with Crippen molar-refractivity contribution in [3.63, 3.8) is 0 Å². The van der Waals surface area contributed by atoms with Crippen molar-refractivity contribution < 1.29 is 19.4 Å². The Kier molecular flexibility index (Phi) is 4.94. The zero-order chi connectivity index (χ0) is 15.3. The van der Waals surface area contributed by atoms with Crippen molar-refractivity contribution in [2.24, 2.45) is 11.3 Å². The lowest BCUT2D eigenvalue weighted by Gasteiger charge is -2.32. The third-order valence-electron chi connectivity index (χ3n) is 4.49. The maximum Gasteiger partial charge on any atom is 0.323 e. The Morgan fingerprint density at radius 2 is 2.10 bits per heavy atom. The van der Waals surface area contributed by atoms with Crippen LogP contribution in [0.25, 0.3) is 0 Å². The molecule has 1 aliphatic carbocycles. The van der Waals surface area contributed by atoms with E-state index in [4.69, 9.17) is 4.74 Å².